The predicted octanol–water partition coefficient (Wildman–Crippen LogP) is 4.03. The number of hydrogen-bond donors (Lipinski definition) is 1. The summed E-state index contributed by atoms with van der Waals surface area (Å²) in [5.41, 5.74) is 1.68. The van der Waals surface area contributed by atoms with E-state index in [1.807, 2.05) is 24.3 Å². The second kappa shape index (κ2) is 8.78. The number of nitrogens with zero attached hydrogens (tertiary/aromatic N) is 1. The number of para-hydroxylation sites is 2. The topological polar surface area (TPSA) is 75.7 Å². The fourth-order valence-electron chi connectivity index (χ4n) is 3.62. The quantitative estimate of drug-likeness (QED) is 0.777. The minimum atomic E-state index is -3.56. The zero-order valence-corrected chi connectivity index (χ0v) is 18.8. The van der Waals surface area contributed by atoms with Crippen molar-refractivity contribution in [2.24, 2.45) is 5.92 Å². The van der Waals surface area contributed by atoms with E-state index in [1.54, 1.807) is 31.4 Å². The molecule has 1 amide bonds. The van der Waals surface area contributed by atoms with Crippen LogP contribution < -0.4 is 10.1 Å². The van der Waals surface area contributed by atoms with E-state index in [2.05, 4.69) is 26.1 Å². The number of carbonyl (C=O) groups is 1. The summed E-state index contributed by atoms with van der Waals surface area (Å²) >= 11 is 0. The van der Waals surface area contributed by atoms with Gasteiger partial charge in [-0.15, -0.1) is 0 Å². The van der Waals surface area contributed by atoms with Crippen molar-refractivity contribution in [2.45, 2.75) is 43.9 Å². The Morgan fingerprint density at radius 3 is 2.20 bits per heavy atom. The van der Waals surface area contributed by atoms with Crippen LogP contribution in [0.2, 0.25) is 0 Å². The first-order valence-electron chi connectivity index (χ1n) is 10.2. The monoisotopic (exact) mass is 430 g/mol. The van der Waals surface area contributed by atoms with Gasteiger partial charge in [0.1, 0.15) is 5.75 Å². The lowest BCUT2D eigenvalue weighted by molar-refractivity contribution is -0.120. The van der Waals surface area contributed by atoms with E-state index in [1.165, 1.54) is 4.31 Å². The van der Waals surface area contributed by atoms with Crippen molar-refractivity contribution in [3.05, 3.63) is 54.1 Å². The number of nitrogens with one attached hydrogen (secondary N) is 1. The van der Waals surface area contributed by atoms with Gasteiger partial charge in [-0.25, -0.2) is 8.42 Å². The minimum Gasteiger partial charge on any atom is -0.495 e. The number of methoxy groups -OCH3 is 1. The lowest BCUT2D eigenvalue weighted by Gasteiger charge is -2.30. The first kappa shape index (κ1) is 22.3. The molecule has 0 aromatic heterocycles. The predicted molar refractivity (Wildman–Crippen MR) is 118 cm³/mol. The highest BCUT2D eigenvalue weighted by Gasteiger charge is 2.32. The smallest absolute Gasteiger partial charge is 0.243 e. The SMILES string of the molecule is COc1ccccc1NC(=O)C1CCN(S(=O)(=O)c2ccc(C(C)(C)C)cc2)CC1. The van der Waals surface area contributed by atoms with Gasteiger partial charge in [0, 0.05) is 19.0 Å². The van der Waals surface area contributed by atoms with Crippen LogP contribution in [0, 0.1) is 5.92 Å². The summed E-state index contributed by atoms with van der Waals surface area (Å²) < 4.78 is 32.8. The van der Waals surface area contributed by atoms with Crippen LogP contribution in [0.4, 0.5) is 5.69 Å². The van der Waals surface area contributed by atoms with Gasteiger partial charge in [-0.05, 0) is 48.1 Å². The Morgan fingerprint density at radius 2 is 1.63 bits per heavy atom. The molecule has 2 aromatic rings. The minimum absolute atomic E-state index is 0.0323. The number of carbonyl (C=O) groups excluding carboxylic acids is 1. The summed E-state index contributed by atoms with van der Waals surface area (Å²) in [5.74, 6) is 0.264. The molecule has 1 saturated heterocycles. The van der Waals surface area contributed by atoms with Gasteiger partial charge in [-0.3, -0.25) is 4.79 Å². The molecule has 0 unspecified atom stereocenters. The highest BCUT2D eigenvalue weighted by Crippen LogP contribution is 2.29. The molecule has 0 radical (unpaired) electrons. The molecule has 1 aliphatic heterocycles. The van der Waals surface area contributed by atoms with Crippen molar-refractivity contribution in [3.63, 3.8) is 0 Å². The van der Waals surface area contributed by atoms with Crippen LogP contribution in [-0.2, 0) is 20.2 Å². The molecule has 1 N–H and O–H groups in total. The Kier molecular flexibility index (Phi) is 6.53. The van der Waals surface area contributed by atoms with Crippen LogP contribution >= 0.6 is 0 Å². The molecule has 30 heavy (non-hydrogen) atoms. The number of sulfonamides is 1. The maximum Gasteiger partial charge on any atom is 0.243 e. The van der Waals surface area contributed by atoms with Gasteiger partial charge >= 0.3 is 0 Å². The Balaban J connectivity index is 1.63. The average Bonchev–Trinajstić information content (AvgIpc) is 2.73. The largest absolute Gasteiger partial charge is 0.495 e. The summed E-state index contributed by atoms with van der Waals surface area (Å²) in [4.78, 5) is 13.0. The van der Waals surface area contributed by atoms with Gasteiger partial charge in [0.15, 0.2) is 0 Å². The van der Waals surface area contributed by atoms with E-state index in [9.17, 15) is 13.2 Å². The van der Waals surface area contributed by atoms with Crippen molar-refractivity contribution < 1.29 is 17.9 Å². The summed E-state index contributed by atoms with van der Waals surface area (Å²) in [5, 5.41) is 2.90. The normalized spacial score (nSPS) is 16.3. The summed E-state index contributed by atoms with van der Waals surface area (Å²) in [6.07, 6.45) is 0.973. The summed E-state index contributed by atoms with van der Waals surface area (Å²) in [7, 11) is -2.00. The summed E-state index contributed by atoms with van der Waals surface area (Å²) in [6, 6.07) is 14.4. The van der Waals surface area contributed by atoms with Gasteiger partial charge in [0.25, 0.3) is 0 Å². The molecular weight excluding hydrogens is 400 g/mol. The van der Waals surface area contributed by atoms with Gasteiger partial charge in [-0.2, -0.15) is 4.31 Å². The lowest BCUT2D eigenvalue weighted by atomic mass is 9.87. The lowest BCUT2D eigenvalue weighted by Crippen LogP contribution is -2.41. The van der Waals surface area contributed by atoms with Crippen molar-refractivity contribution in [2.75, 3.05) is 25.5 Å². The Morgan fingerprint density at radius 1 is 1.03 bits per heavy atom. The first-order valence-corrected chi connectivity index (χ1v) is 11.6. The molecule has 0 atom stereocenters. The molecule has 0 spiro atoms. The van der Waals surface area contributed by atoms with E-state index in [-0.39, 0.29) is 17.2 Å². The molecule has 6 nitrogen and oxygen atoms in total. The van der Waals surface area contributed by atoms with Crippen molar-refractivity contribution in [3.8, 4) is 5.75 Å². The molecule has 0 saturated carbocycles. The Bertz CT molecular complexity index is 987. The van der Waals surface area contributed by atoms with E-state index in [4.69, 9.17) is 4.74 Å². The highest BCUT2D eigenvalue weighted by molar-refractivity contribution is 7.89. The molecule has 0 bridgehead atoms. The van der Waals surface area contributed by atoms with Crippen LogP contribution in [0.3, 0.4) is 0 Å². The molecule has 1 fully saturated rings. The zero-order chi connectivity index (χ0) is 21.9. The number of amides is 1. The van der Waals surface area contributed by atoms with Gasteiger partial charge in [-0.1, -0.05) is 45.0 Å². The molecule has 0 aliphatic carbocycles. The second-order valence-electron chi connectivity index (χ2n) is 8.64. The van der Waals surface area contributed by atoms with Crippen LogP contribution in [0.1, 0.15) is 39.2 Å². The third kappa shape index (κ3) is 4.84. The number of benzene rings is 2. The number of ether oxygens (including phenoxy) is 1. The van der Waals surface area contributed by atoms with E-state index < -0.39 is 10.0 Å². The molecule has 1 aliphatic rings. The van der Waals surface area contributed by atoms with Gasteiger partial charge in [0.05, 0.1) is 17.7 Å². The maximum atomic E-state index is 13.0. The number of hydrogen-bond acceptors (Lipinski definition) is 4. The maximum absolute atomic E-state index is 13.0. The molecule has 1 heterocycles. The average molecular weight is 431 g/mol. The van der Waals surface area contributed by atoms with Crippen molar-refractivity contribution in [1.82, 2.24) is 4.31 Å². The molecule has 162 valence electrons. The summed E-state index contributed by atoms with van der Waals surface area (Å²) in [6.45, 7) is 6.94. The van der Waals surface area contributed by atoms with E-state index >= 15 is 0 Å². The van der Waals surface area contributed by atoms with Crippen molar-refractivity contribution >= 4 is 21.6 Å². The fourth-order valence-corrected chi connectivity index (χ4v) is 5.09. The Labute approximate surface area is 179 Å². The third-order valence-corrected chi connectivity index (χ3v) is 7.46. The number of anilines is 1. The molecular formula is C23H30N2O4S. The first-order chi connectivity index (χ1) is 14.1. The van der Waals surface area contributed by atoms with Crippen molar-refractivity contribution in [1.29, 1.82) is 0 Å². The third-order valence-electron chi connectivity index (χ3n) is 5.55. The number of rotatable bonds is 5. The van der Waals surface area contributed by atoms with Gasteiger partial charge in [0.2, 0.25) is 15.9 Å². The van der Waals surface area contributed by atoms with Gasteiger partial charge < -0.3 is 10.1 Å². The molecule has 2 aromatic carbocycles. The van der Waals surface area contributed by atoms with E-state index in [0.29, 0.717) is 42.3 Å². The second-order valence-corrected chi connectivity index (χ2v) is 10.6. The van der Waals surface area contributed by atoms with Crippen LogP contribution in [0.15, 0.2) is 53.4 Å². The number of piperidine rings is 1. The van der Waals surface area contributed by atoms with Crippen LogP contribution in [-0.4, -0.2) is 38.8 Å². The highest BCUT2D eigenvalue weighted by atomic mass is 32.2. The zero-order valence-electron chi connectivity index (χ0n) is 18.0. The van der Waals surface area contributed by atoms with Crippen LogP contribution in [0.25, 0.3) is 0 Å². The molecule has 7 heteroatoms. The van der Waals surface area contributed by atoms with Crippen LogP contribution in [0.5, 0.6) is 5.75 Å². The Hall–Kier alpha value is -2.38. The van der Waals surface area contributed by atoms with E-state index in [0.717, 1.165) is 5.56 Å². The standard InChI is InChI=1S/C23H30N2O4S/c1-23(2,3)18-9-11-19(12-10-18)30(27,28)25-15-13-17(14-16-25)22(26)24-20-7-5-6-8-21(20)29-4/h5-12,17H,13-16H2,1-4H3,(H,24,26). The molecule has 3 rings (SSSR count). The fraction of sp³-hybridized carbons (Fsp3) is 0.435.